The highest BCUT2D eigenvalue weighted by molar-refractivity contribution is 5.94. The first-order chi connectivity index (χ1) is 11.6. The normalized spacial score (nSPS) is 24.8. The molecular formula is C18H20FN3O2. The number of aromatic hydroxyl groups is 1. The van der Waals surface area contributed by atoms with Crippen LogP contribution in [0.15, 0.2) is 35.3 Å². The first kappa shape index (κ1) is 15.2. The number of aromatic nitrogens is 1. The third-order valence-corrected chi connectivity index (χ3v) is 4.80. The number of rotatable bonds is 2. The number of amidine groups is 1. The predicted octanol–water partition coefficient (Wildman–Crippen LogP) is 2.80. The van der Waals surface area contributed by atoms with Gasteiger partial charge in [0.25, 0.3) is 0 Å². The number of fused-ring (bicyclic) bond motifs is 1. The van der Waals surface area contributed by atoms with Crippen LogP contribution in [0.4, 0.5) is 4.39 Å². The molecule has 0 spiro atoms. The number of nitrogens with zero attached hydrogens (tertiary/aromatic N) is 2. The molecule has 3 N–H and O–H groups in total. The van der Waals surface area contributed by atoms with Gasteiger partial charge < -0.3 is 10.2 Å². The van der Waals surface area contributed by atoms with Crippen molar-refractivity contribution >= 4 is 5.84 Å². The third kappa shape index (κ3) is 2.78. The largest absolute Gasteiger partial charge is 0.505 e. The SMILES string of the molecule is Oc1cc(-c2ccc3n2NC(=NC2CCC(O)CC2)C3)ccc1F. The number of benzene rings is 1. The van der Waals surface area contributed by atoms with Crippen LogP contribution in [-0.4, -0.2) is 32.9 Å². The number of phenolic OH excluding ortho intramolecular Hbond substituents is 1. The molecule has 0 amide bonds. The summed E-state index contributed by atoms with van der Waals surface area (Å²) in [6, 6.07) is 8.56. The maximum Gasteiger partial charge on any atom is 0.164 e. The zero-order chi connectivity index (χ0) is 16.7. The summed E-state index contributed by atoms with van der Waals surface area (Å²) in [5.41, 5.74) is 6.00. The minimum absolute atomic E-state index is 0.176. The number of nitrogens with one attached hydrogen (secondary N) is 1. The van der Waals surface area contributed by atoms with E-state index in [1.807, 2.05) is 16.8 Å². The fourth-order valence-corrected chi connectivity index (χ4v) is 3.47. The van der Waals surface area contributed by atoms with Gasteiger partial charge in [0, 0.05) is 17.7 Å². The van der Waals surface area contributed by atoms with E-state index in [4.69, 9.17) is 4.99 Å². The highest BCUT2D eigenvalue weighted by atomic mass is 19.1. The van der Waals surface area contributed by atoms with Gasteiger partial charge in [0.1, 0.15) is 5.84 Å². The molecular weight excluding hydrogens is 309 g/mol. The quantitative estimate of drug-likeness (QED) is 0.793. The Hall–Kier alpha value is -2.34. The smallest absolute Gasteiger partial charge is 0.164 e. The van der Waals surface area contributed by atoms with Crippen molar-refractivity contribution in [2.75, 3.05) is 5.43 Å². The first-order valence-electron chi connectivity index (χ1n) is 8.31. The Morgan fingerprint density at radius 1 is 1.12 bits per heavy atom. The lowest BCUT2D eigenvalue weighted by Crippen LogP contribution is -2.24. The summed E-state index contributed by atoms with van der Waals surface area (Å²) in [6.45, 7) is 0. The zero-order valence-corrected chi connectivity index (χ0v) is 13.2. The molecule has 6 heteroatoms. The number of hydrogen-bond acceptors (Lipinski definition) is 3. The van der Waals surface area contributed by atoms with Gasteiger partial charge in [-0.25, -0.2) is 4.39 Å². The van der Waals surface area contributed by atoms with Gasteiger partial charge in [0.2, 0.25) is 0 Å². The van der Waals surface area contributed by atoms with Gasteiger partial charge >= 0.3 is 0 Å². The third-order valence-electron chi connectivity index (χ3n) is 4.80. The summed E-state index contributed by atoms with van der Waals surface area (Å²) in [5, 5.41) is 19.2. The second-order valence-electron chi connectivity index (χ2n) is 6.54. The second-order valence-corrected chi connectivity index (χ2v) is 6.54. The summed E-state index contributed by atoms with van der Waals surface area (Å²) in [6.07, 6.45) is 4.01. The van der Waals surface area contributed by atoms with Gasteiger partial charge in [-0.05, 0) is 56.0 Å². The molecule has 5 nitrogen and oxygen atoms in total. The molecule has 0 unspecified atom stereocenters. The average molecular weight is 329 g/mol. The second kappa shape index (κ2) is 5.94. The molecule has 1 aliphatic carbocycles. The van der Waals surface area contributed by atoms with Gasteiger partial charge in [0.15, 0.2) is 11.6 Å². The molecule has 1 aromatic carbocycles. The molecule has 2 heterocycles. The Morgan fingerprint density at radius 2 is 1.92 bits per heavy atom. The van der Waals surface area contributed by atoms with E-state index in [1.54, 1.807) is 6.07 Å². The van der Waals surface area contributed by atoms with Crippen LogP contribution in [0.1, 0.15) is 31.4 Å². The fourth-order valence-electron chi connectivity index (χ4n) is 3.47. The number of hydrogen-bond donors (Lipinski definition) is 3. The van der Waals surface area contributed by atoms with Crippen LogP contribution in [0, 0.1) is 5.82 Å². The Kier molecular flexibility index (Phi) is 3.76. The minimum atomic E-state index is -0.623. The summed E-state index contributed by atoms with van der Waals surface area (Å²) >= 11 is 0. The van der Waals surface area contributed by atoms with Crippen molar-refractivity contribution in [2.45, 2.75) is 44.2 Å². The fraction of sp³-hybridized carbons (Fsp3) is 0.389. The Labute approximate surface area is 139 Å². The van der Waals surface area contributed by atoms with E-state index in [1.165, 1.54) is 12.1 Å². The molecule has 0 saturated heterocycles. The number of phenols is 1. The Balaban J connectivity index is 1.55. The Morgan fingerprint density at radius 3 is 2.67 bits per heavy atom. The number of aliphatic hydroxyl groups excluding tert-OH is 1. The van der Waals surface area contributed by atoms with Crippen LogP contribution >= 0.6 is 0 Å². The van der Waals surface area contributed by atoms with Gasteiger partial charge in [0.05, 0.1) is 17.8 Å². The highest BCUT2D eigenvalue weighted by Gasteiger charge is 2.23. The van der Waals surface area contributed by atoms with E-state index in [0.29, 0.717) is 0 Å². The Bertz CT molecular complexity index is 792. The van der Waals surface area contributed by atoms with Gasteiger partial charge in [-0.15, -0.1) is 0 Å². The van der Waals surface area contributed by atoms with Gasteiger partial charge in [-0.2, -0.15) is 0 Å². The first-order valence-corrected chi connectivity index (χ1v) is 8.31. The molecule has 2 aliphatic rings. The lowest BCUT2D eigenvalue weighted by molar-refractivity contribution is 0.123. The molecule has 0 radical (unpaired) electrons. The van der Waals surface area contributed by atoms with Crippen molar-refractivity contribution in [2.24, 2.45) is 4.99 Å². The summed E-state index contributed by atoms with van der Waals surface area (Å²) in [5.74, 6) is -0.0584. The minimum Gasteiger partial charge on any atom is -0.505 e. The van der Waals surface area contributed by atoms with Crippen LogP contribution in [-0.2, 0) is 6.42 Å². The standard InChI is InChI=1S/C18H20FN3O2/c19-15-7-1-11(9-17(15)24)16-8-4-13-10-18(21-22(13)16)20-12-2-5-14(23)6-3-12/h1,4,7-9,12,14,23-24H,2-3,5-6,10H2,(H,20,21). The van der Waals surface area contributed by atoms with Crippen molar-refractivity contribution < 1.29 is 14.6 Å². The van der Waals surface area contributed by atoms with Gasteiger partial charge in [-0.1, -0.05) is 0 Å². The van der Waals surface area contributed by atoms with Crippen molar-refractivity contribution in [3.05, 3.63) is 41.8 Å². The van der Waals surface area contributed by atoms with Gasteiger partial charge in [-0.3, -0.25) is 15.1 Å². The van der Waals surface area contributed by atoms with E-state index in [0.717, 1.165) is 54.9 Å². The summed E-state index contributed by atoms with van der Waals surface area (Å²) in [4.78, 5) is 4.79. The number of halogens is 1. The highest BCUT2D eigenvalue weighted by Crippen LogP contribution is 2.29. The average Bonchev–Trinajstić information content (AvgIpc) is 3.12. The topological polar surface area (TPSA) is 69.8 Å². The van der Waals surface area contributed by atoms with E-state index >= 15 is 0 Å². The molecule has 2 aromatic rings. The van der Waals surface area contributed by atoms with Crippen LogP contribution in [0.25, 0.3) is 11.3 Å². The van der Waals surface area contributed by atoms with Crippen molar-refractivity contribution in [3.63, 3.8) is 0 Å². The van der Waals surface area contributed by atoms with Crippen molar-refractivity contribution in [3.8, 4) is 17.0 Å². The van der Waals surface area contributed by atoms with Crippen LogP contribution in [0.2, 0.25) is 0 Å². The van der Waals surface area contributed by atoms with E-state index < -0.39 is 5.82 Å². The van der Waals surface area contributed by atoms with E-state index in [9.17, 15) is 14.6 Å². The van der Waals surface area contributed by atoms with Crippen molar-refractivity contribution in [1.29, 1.82) is 0 Å². The van der Waals surface area contributed by atoms with E-state index in [-0.39, 0.29) is 17.9 Å². The summed E-state index contributed by atoms with van der Waals surface area (Å²) < 4.78 is 15.2. The zero-order valence-electron chi connectivity index (χ0n) is 13.2. The van der Waals surface area contributed by atoms with Crippen LogP contribution in [0.3, 0.4) is 0 Å². The molecule has 1 saturated carbocycles. The molecule has 1 aromatic heterocycles. The number of aliphatic imine (C=N–C) groups is 1. The lowest BCUT2D eigenvalue weighted by atomic mass is 9.93. The number of aliphatic hydroxyl groups is 1. The lowest BCUT2D eigenvalue weighted by Gasteiger charge is -2.22. The maximum absolute atomic E-state index is 13.3. The monoisotopic (exact) mass is 329 g/mol. The molecule has 126 valence electrons. The maximum atomic E-state index is 13.3. The predicted molar refractivity (Wildman–Crippen MR) is 90.3 cm³/mol. The van der Waals surface area contributed by atoms with E-state index in [2.05, 4.69) is 5.43 Å². The molecule has 1 aliphatic heterocycles. The van der Waals surface area contributed by atoms with Crippen molar-refractivity contribution in [1.82, 2.24) is 4.68 Å². The van der Waals surface area contributed by atoms with Crippen LogP contribution < -0.4 is 5.43 Å². The molecule has 0 bridgehead atoms. The summed E-state index contributed by atoms with van der Waals surface area (Å²) in [7, 11) is 0. The molecule has 4 rings (SSSR count). The molecule has 24 heavy (non-hydrogen) atoms. The van der Waals surface area contributed by atoms with Crippen LogP contribution in [0.5, 0.6) is 5.75 Å². The molecule has 1 fully saturated rings. The molecule has 0 atom stereocenters.